The number of hydrogen-bond acceptors (Lipinski definition) is 3. The molecule has 4 rings (SSSR count). The van der Waals surface area contributed by atoms with Crippen molar-refractivity contribution in [1.82, 2.24) is 0 Å². The molecule has 1 amide bonds. The van der Waals surface area contributed by atoms with E-state index in [1.165, 1.54) is 12.9 Å². The molecular formula is C21H18NO4P. The topological polar surface area (TPSA) is 79.5 Å². The summed E-state index contributed by atoms with van der Waals surface area (Å²) in [6.07, 6.45) is 1.39. The number of nitrogens with one attached hydrogen (secondary N) is 1. The number of rotatable bonds is 4. The van der Waals surface area contributed by atoms with E-state index in [4.69, 9.17) is 4.42 Å². The molecule has 0 aliphatic rings. The maximum atomic E-state index is 13.0. The van der Waals surface area contributed by atoms with Crippen molar-refractivity contribution < 1.29 is 18.7 Å². The van der Waals surface area contributed by atoms with Gasteiger partial charge in [-0.1, -0.05) is 48.5 Å². The van der Waals surface area contributed by atoms with Gasteiger partial charge >= 0.3 is 0 Å². The van der Waals surface area contributed by atoms with E-state index in [9.17, 15) is 14.3 Å². The van der Waals surface area contributed by atoms with Crippen LogP contribution in [0.25, 0.3) is 21.7 Å². The average molecular weight is 379 g/mol. The van der Waals surface area contributed by atoms with E-state index in [1.807, 2.05) is 42.5 Å². The monoisotopic (exact) mass is 379 g/mol. The first kappa shape index (κ1) is 17.5. The van der Waals surface area contributed by atoms with Gasteiger partial charge in [0.1, 0.15) is 11.2 Å². The largest absolute Gasteiger partial charge is 0.464 e. The first-order chi connectivity index (χ1) is 12.9. The lowest BCUT2D eigenvalue weighted by Gasteiger charge is -2.19. The maximum Gasteiger partial charge on any atom is 0.241 e. The standard InChI is InChI=1S/C21H18NO4P/c1-27(24,25)20(18-13-26-19-9-5-4-8-17(18)19)21(23)22-16-11-10-14-6-2-3-7-15(14)12-16/h2-13,20H,1H3,(H,22,23)(H,24,25). The minimum atomic E-state index is -3.78. The second-order valence-corrected chi connectivity index (χ2v) is 8.99. The molecule has 6 heteroatoms. The number of fused-ring (bicyclic) bond motifs is 2. The van der Waals surface area contributed by atoms with Crippen LogP contribution in [-0.4, -0.2) is 17.5 Å². The normalized spacial score (nSPS) is 14.7. The van der Waals surface area contributed by atoms with Crippen LogP contribution in [0.5, 0.6) is 0 Å². The Balaban J connectivity index is 1.72. The summed E-state index contributed by atoms with van der Waals surface area (Å²) in [5.74, 6) is -0.537. The summed E-state index contributed by atoms with van der Waals surface area (Å²) in [7, 11) is -3.78. The van der Waals surface area contributed by atoms with Crippen LogP contribution in [-0.2, 0) is 9.36 Å². The molecule has 0 aliphatic carbocycles. The van der Waals surface area contributed by atoms with Crippen LogP contribution in [0, 0.1) is 0 Å². The summed E-state index contributed by atoms with van der Waals surface area (Å²) in [6.45, 7) is 1.19. The van der Waals surface area contributed by atoms with Crippen LogP contribution >= 0.6 is 7.37 Å². The van der Waals surface area contributed by atoms with Gasteiger partial charge in [0.2, 0.25) is 13.3 Å². The third-order valence-electron chi connectivity index (χ3n) is 4.55. The number of anilines is 1. The summed E-state index contributed by atoms with van der Waals surface area (Å²) in [4.78, 5) is 23.2. The van der Waals surface area contributed by atoms with E-state index < -0.39 is 18.9 Å². The minimum absolute atomic E-state index is 0.414. The highest BCUT2D eigenvalue weighted by atomic mass is 31.2. The number of carbonyl (C=O) groups excluding carboxylic acids is 1. The van der Waals surface area contributed by atoms with Gasteiger partial charge in [-0.05, 0) is 29.0 Å². The molecule has 0 fully saturated rings. The lowest BCUT2D eigenvalue weighted by atomic mass is 10.1. The quantitative estimate of drug-likeness (QED) is 0.480. The van der Waals surface area contributed by atoms with Crippen LogP contribution < -0.4 is 5.32 Å². The molecule has 0 saturated carbocycles. The molecule has 0 bridgehead atoms. The Hall–Kier alpha value is -2.88. The highest BCUT2D eigenvalue weighted by Gasteiger charge is 2.37. The molecule has 2 unspecified atom stereocenters. The first-order valence-corrected chi connectivity index (χ1v) is 10.7. The van der Waals surface area contributed by atoms with Gasteiger partial charge in [-0.2, -0.15) is 0 Å². The zero-order valence-electron chi connectivity index (χ0n) is 14.6. The van der Waals surface area contributed by atoms with Crippen molar-refractivity contribution in [2.24, 2.45) is 0 Å². The van der Waals surface area contributed by atoms with Crippen molar-refractivity contribution in [2.45, 2.75) is 5.66 Å². The van der Waals surface area contributed by atoms with E-state index in [0.29, 0.717) is 22.2 Å². The summed E-state index contributed by atoms with van der Waals surface area (Å²) in [6, 6.07) is 20.5. The number of carbonyl (C=O) groups is 1. The van der Waals surface area contributed by atoms with Crippen LogP contribution in [0.3, 0.4) is 0 Å². The van der Waals surface area contributed by atoms with Crippen molar-refractivity contribution in [2.75, 3.05) is 12.0 Å². The second kappa shape index (κ2) is 6.69. The van der Waals surface area contributed by atoms with Crippen LogP contribution in [0.1, 0.15) is 11.2 Å². The first-order valence-electron chi connectivity index (χ1n) is 8.49. The Kier molecular flexibility index (Phi) is 4.34. The van der Waals surface area contributed by atoms with Crippen molar-refractivity contribution in [3.8, 4) is 0 Å². The average Bonchev–Trinajstić information content (AvgIpc) is 3.04. The lowest BCUT2D eigenvalue weighted by molar-refractivity contribution is -0.116. The van der Waals surface area contributed by atoms with E-state index in [2.05, 4.69) is 5.32 Å². The molecule has 3 aromatic carbocycles. The third kappa shape index (κ3) is 3.39. The molecule has 2 N–H and O–H groups in total. The van der Waals surface area contributed by atoms with Gasteiger partial charge in [-0.25, -0.2) is 0 Å². The molecule has 1 heterocycles. The number of furan rings is 1. The SMILES string of the molecule is CP(=O)(O)C(C(=O)Nc1ccc2ccccc2c1)c1coc2ccccc12. The van der Waals surface area contributed by atoms with Crippen LogP contribution in [0.2, 0.25) is 0 Å². The number of hydrogen-bond donors (Lipinski definition) is 2. The predicted octanol–water partition coefficient (Wildman–Crippen LogP) is 5.17. The summed E-state index contributed by atoms with van der Waals surface area (Å²) >= 11 is 0. The third-order valence-corrected chi connectivity index (χ3v) is 6.02. The Morgan fingerprint density at radius 2 is 1.74 bits per heavy atom. The van der Waals surface area contributed by atoms with Gasteiger partial charge in [-0.3, -0.25) is 9.36 Å². The molecular weight excluding hydrogens is 361 g/mol. The summed E-state index contributed by atoms with van der Waals surface area (Å²) < 4.78 is 18.0. The van der Waals surface area contributed by atoms with Crippen molar-refractivity contribution in [3.05, 3.63) is 78.6 Å². The molecule has 136 valence electrons. The zero-order chi connectivity index (χ0) is 19.0. The van der Waals surface area contributed by atoms with Crippen LogP contribution in [0.15, 0.2) is 77.4 Å². The van der Waals surface area contributed by atoms with Gasteiger partial charge in [0.15, 0.2) is 0 Å². The number of para-hydroxylation sites is 1. The molecule has 0 aliphatic heterocycles. The summed E-state index contributed by atoms with van der Waals surface area (Å²) in [5, 5.41) is 5.47. The fourth-order valence-corrected chi connectivity index (χ4v) is 4.52. The highest BCUT2D eigenvalue weighted by Crippen LogP contribution is 2.54. The zero-order valence-corrected chi connectivity index (χ0v) is 15.5. The Labute approximate surface area is 156 Å². The molecule has 0 saturated heterocycles. The Morgan fingerprint density at radius 3 is 2.52 bits per heavy atom. The fraction of sp³-hybridized carbons (Fsp3) is 0.0952. The van der Waals surface area contributed by atoms with Crippen molar-refractivity contribution >= 4 is 40.7 Å². The molecule has 0 radical (unpaired) electrons. The molecule has 0 spiro atoms. The second-order valence-electron chi connectivity index (χ2n) is 6.58. The number of amides is 1. The summed E-state index contributed by atoms with van der Waals surface area (Å²) in [5.41, 5.74) is 0.347. The van der Waals surface area contributed by atoms with Crippen molar-refractivity contribution in [3.63, 3.8) is 0 Å². The van der Waals surface area contributed by atoms with Crippen LogP contribution in [0.4, 0.5) is 5.69 Å². The Bertz CT molecular complexity index is 1190. The van der Waals surface area contributed by atoms with E-state index in [-0.39, 0.29) is 0 Å². The van der Waals surface area contributed by atoms with E-state index >= 15 is 0 Å². The smallest absolute Gasteiger partial charge is 0.241 e. The highest BCUT2D eigenvalue weighted by molar-refractivity contribution is 7.58. The molecule has 4 aromatic rings. The van der Waals surface area contributed by atoms with Gasteiger partial charge in [0.05, 0.1) is 6.26 Å². The molecule has 27 heavy (non-hydrogen) atoms. The predicted molar refractivity (Wildman–Crippen MR) is 107 cm³/mol. The van der Waals surface area contributed by atoms with E-state index in [0.717, 1.165) is 10.8 Å². The lowest BCUT2D eigenvalue weighted by Crippen LogP contribution is -2.21. The Morgan fingerprint density at radius 1 is 1.04 bits per heavy atom. The number of benzene rings is 3. The molecule has 1 aromatic heterocycles. The van der Waals surface area contributed by atoms with Crippen molar-refractivity contribution in [1.29, 1.82) is 0 Å². The van der Waals surface area contributed by atoms with Gasteiger partial charge < -0.3 is 14.6 Å². The minimum Gasteiger partial charge on any atom is -0.464 e. The van der Waals surface area contributed by atoms with E-state index in [1.54, 1.807) is 24.3 Å². The van der Waals surface area contributed by atoms with Gasteiger partial charge in [0.25, 0.3) is 0 Å². The fourth-order valence-electron chi connectivity index (χ4n) is 3.30. The molecule has 2 atom stereocenters. The van der Waals surface area contributed by atoms with Gasteiger partial charge in [-0.15, -0.1) is 0 Å². The maximum absolute atomic E-state index is 13.0. The molecule has 5 nitrogen and oxygen atoms in total. The van der Waals surface area contributed by atoms with Gasteiger partial charge in [0, 0.05) is 23.3 Å².